The number of furan rings is 1. The van der Waals surface area contributed by atoms with Crippen molar-refractivity contribution >= 4 is 17.6 Å². The Morgan fingerprint density at radius 2 is 1.88 bits per heavy atom. The van der Waals surface area contributed by atoms with Gasteiger partial charge < -0.3 is 18.6 Å². The van der Waals surface area contributed by atoms with Gasteiger partial charge in [0.2, 0.25) is 10.6 Å². The number of hydrogen-bond acceptors (Lipinski definition) is 7. The van der Waals surface area contributed by atoms with Gasteiger partial charge >= 0.3 is 0 Å². The molecule has 0 radical (unpaired) electrons. The summed E-state index contributed by atoms with van der Waals surface area (Å²) in [5.74, 6) is 2.36. The van der Waals surface area contributed by atoms with Crippen molar-refractivity contribution in [3.8, 4) is 28.7 Å². The molecule has 136 valence electrons. The Labute approximate surface area is 154 Å². The van der Waals surface area contributed by atoms with Crippen LogP contribution in [0.15, 0.2) is 50.4 Å². The summed E-state index contributed by atoms with van der Waals surface area (Å²) in [5, 5.41) is 6.52. The summed E-state index contributed by atoms with van der Waals surface area (Å²) in [6.45, 7) is 0. The summed E-state index contributed by atoms with van der Waals surface area (Å²) in [6, 6.07) is 7.37. The molecule has 1 aromatic carbocycles. The van der Waals surface area contributed by atoms with Gasteiger partial charge in [-0.05, 0) is 24.3 Å². The third-order valence-electron chi connectivity index (χ3n) is 3.70. The molecule has 0 N–H and O–H groups in total. The van der Waals surface area contributed by atoms with Crippen LogP contribution in [0.2, 0.25) is 0 Å². The Bertz CT molecular complexity index is 971. The van der Waals surface area contributed by atoms with Crippen LogP contribution in [0.3, 0.4) is 0 Å². The van der Waals surface area contributed by atoms with Crippen LogP contribution in [0, 0.1) is 0 Å². The first-order valence-corrected chi connectivity index (χ1v) is 8.62. The van der Waals surface area contributed by atoms with Crippen molar-refractivity contribution in [3.63, 3.8) is 0 Å². The normalized spacial score (nSPS) is 11.9. The first-order chi connectivity index (χ1) is 12.7. The van der Waals surface area contributed by atoms with Gasteiger partial charge in [-0.2, -0.15) is 5.10 Å². The molecule has 0 aliphatic carbocycles. The second-order valence-electron chi connectivity index (χ2n) is 5.08. The lowest BCUT2D eigenvalue weighted by Crippen LogP contribution is -2.11. The molecule has 2 heterocycles. The van der Waals surface area contributed by atoms with Gasteiger partial charge in [0.05, 0.1) is 33.8 Å². The number of rotatable bonds is 6. The Hall–Kier alpha value is -3.00. The Kier molecular flexibility index (Phi) is 5.43. The minimum atomic E-state index is 0.515. The quantitative estimate of drug-likeness (QED) is 0.622. The van der Waals surface area contributed by atoms with Crippen LogP contribution in [-0.2, 0) is 0 Å². The van der Waals surface area contributed by atoms with Crippen molar-refractivity contribution in [3.05, 3.63) is 46.3 Å². The predicted molar refractivity (Wildman–Crippen MR) is 101 cm³/mol. The van der Waals surface area contributed by atoms with Crippen LogP contribution in [0.1, 0.15) is 5.56 Å². The van der Waals surface area contributed by atoms with Crippen molar-refractivity contribution in [2.45, 2.75) is 0 Å². The van der Waals surface area contributed by atoms with Gasteiger partial charge in [0.25, 0.3) is 0 Å². The largest absolute Gasteiger partial charge is 0.493 e. The van der Waals surface area contributed by atoms with E-state index < -0.39 is 0 Å². The highest BCUT2D eigenvalue weighted by Gasteiger charge is 2.15. The number of aromatic nitrogens is 1. The fraction of sp³-hybridized carbons (Fsp3) is 0.222. The van der Waals surface area contributed by atoms with Crippen LogP contribution in [0.4, 0.5) is 0 Å². The Morgan fingerprint density at radius 3 is 2.50 bits per heavy atom. The SMILES string of the molecule is CN=c1scc(-c2ccco2)n1/N=C/c1ccc(OC)c(OC)c1OC. The van der Waals surface area contributed by atoms with Gasteiger partial charge in [-0.3, -0.25) is 4.99 Å². The second kappa shape index (κ2) is 7.92. The summed E-state index contributed by atoms with van der Waals surface area (Å²) in [4.78, 5) is 5.01. The summed E-state index contributed by atoms with van der Waals surface area (Å²) < 4.78 is 23.4. The topological polar surface area (TPSA) is 70.5 Å². The fourth-order valence-corrected chi connectivity index (χ4v) is 3.29. The maximum absolute atomic E-state index is 5.49. The number of nitrogens with zero attached hydrogens (tertiary/aromatic N) is 3. The third kappa shape index (κ3) is 3.23. The van der Waals surface area contributed by atoms with E-state index in [2.05, 4.69) is 10.1 Å². The van der Waals surface area contributed by atoms with Crippen molar-refractivity contribution in [1.82, 2.24) is 4.68 Å². The summed E-state index contributed by atoms with van der Waals surface area (Å²) in [7, 11) is 6.45. The van der Waals surface area contributed by atoms with Gasteiger partial charge in [-0.1, -0.05) is 0 Å². The maximum Gasteiger partial charge on any atom is 0.206 e. The molecule has 0 unspecified atom stereocenters. The van der Waals surface area contributed by atoms with Gasteiger partial charge in [0.1, 0.15) is 5.69 Å². The first-order valence-electron chi connectivity index (χ1n) is 7.74. The van der Waals surface area contributed by atoms with Gasteiger partial charge in [0, 0.05) is 18.0 Å². The van der Waals surface area contributed by atoms with Gasteiger partial charge in [0.15, 0.2) is 17.3 Å². The van der Waals surface area contributed by atoms with Crippen molar-refractivity contribution in [1.29, 1.82) is 0 Å². The van der Waals surface area contributed by atoms with E-state index in [1.54, 1.807) is 51.6 Å². The van der Waals surface area contributed by atoms with Crippen LogP contribution in [0.25, 0.3) is 11.5 Å². The Balaban J connectivity index is 2.08. The van der Waals surface area contributed by atoms with Crippen molar-refractivity contribution in [2.24, 2.45) is 10.1 Å². The molecule has 0 saturated carbocycles. The van der Waals surface area contributed by atoms with E-state index in [-0.39, 0.29) is 0 Å². The number of ether oxygens (including phenoxy) is 3. The second-order valence-corrected chi connectivity index (χ2v) is 5.92. The van der Waals surface area contributed by atoms with E-state index >= 15 is 0 Å². The molecule has 26 heavy (non-hydrogen) atoms. The smallest absolute Gasteiger partial charge is 0.206 e. The summed E-state index contributed by atoms with van der Waals surface area (Å²) >= 11 is 1.48. The molecule has 2 aromatic heterocycles. The van der Waals surface area contributed by atoms with E-state index in [0.717, 1.165) is 16.1 Å². The van der Waals surface area contributed by atoms with Crippen LogP contribution < -0.4 is 19.0 Å². The zero-order valence-electron chi connectivity index (χ0n) is 14.9. The standard InChI is InChI=1S/C18H19N3O4S/c1-19-18-21(13(11-26-18)14-6-5-9-25-14)20-10-12-7-8-15(22-2)17(24-4)16(12)23-3/h5-11H,1-4H3/b19-18?,20-10+. The third-order valence-corrected chi connectivity index (χ3v) is 4.60. The average Bonchev–Trinajstić information content (AvgIpc) is 3.34. The molecule has 3 aromatic rings. The lowest BCUT2D eigenvalue weighted by atomic mass is 10.2. The molecule has 0 bridgehead atoms. The zero-order valence-corrected chi connectivity index (χ0v) is 15.7. The molecule has 3 rings (SSSR count). The molecule has 7 nitrogen and oxygen atoms in total. The lowest BCUT2D eigenvalue weighted by molar-refractivity contribution is 0.324. The van der Waals surface area contributed by atoms with E-state index in [1.165, 1.54) is 11.3 Å². The molecule has 8 heteroatoms. The minimum absolute atomic E-state index is 0.515. The monoisotopic (exact) mass is 373 g/mol. The molecule has 0 spiro atoms. The van der Waals surface area contributed by atoms with Crippen LogP contribution in [-0.4, -0.2) is 39.3 Å². The summed E-state index contributed by atoms with van der Waals surface area (Å²) in [6.07, 6.45) is 3.32. The number of thiazole rings is 1. The molecule has 0 atom stereocenters. The number of hydrogen-bond donors (Lipinski definition) is 0. The highest BCUT2D eigenvalue weighted by Crippen LogP contribution is 2.39. The molecular formula is C18H19N3O4S. The predicted octanol–water partition coefficient (Wildman–Crippen LogP) is 3.25. The average molecular weight is 373 g/mol. The molecule has 0 aliphatic heterocycles. The van der Waals surface area contributed by atoms with E-state index in [9.17, 15) is 0 Å². The van der Waals surface area contributed by atoms with Gasteiger partial charge in [-0.25, -0.2) is 4.68 Å². The van der Waals surface area contributed by atoms with Crippen molar-refractivity contribution in [2.75, 3.05) is 28.4 Å². The lowest BCUT2D eigenvalue weighted by Gasteiger charge is -2.13. The highest BCUT2D eigenvalue weighted by atomic mass is 32.1. The fourth-order valence-electron chi connectivity index (χ4n) is 2.50. The van der Waals surface area contributed by atoms with E-state index in [0.29, 0.717) is 23.0 Å². The van der Waals surface area contributed by atoms with Crippen molar-refractivity contribution < 1.29 is 18.6 Å². The number of benzene rings is 1. The van der Waals surface area contributed by atoms with E-state index in [4.69, 9.17) is 18.6 Å². The molecule has 0 fully saturated rings. The van der Waals surface area contributed by atoms with Crippen LogP contribution >= 0.6 is 11.3 Å². The summed E-state index contributed by atoms with van der Waals surface area (Å²) in [5.41, 5.74) is 1.56. The molecule has 0 amide bonds. The number of methoxy groups -OCH3 is 3. The zero-order chi connectivity index (χ0) is 18.5. The highest BCUT2D eigenvalue weighted by molar-refractivity contribution is 7.07. The van der Waals surface area contributed by atoms with E-state index in [1.807, 2.05) is 23.6 Å². The molecule has 0 saturated heterocycles. The molecule has 0 aliphatic rings. The molecular weight excluding hydrogens is 354 g/mol. The van der Waals surface area contributed by atoms with Crippen LogP contribution in [0.5, 0.6) is 17.2 Å². The van der Waals surface area contributed by atoms with Gasteiger partial charge in [-0.15, -0.1) is 11.3 Å². The maximum atomic E-state index is 5.49. The first kappa shape index (κ1) is 17.8. The minimum Gasteiger partial charge on any atom is -0.493 e. The Morgan fingerprint density at radius 1 is 1.08 bits per heavy atom.